The van der Waals surface area contributed by atoms with Crippen LogP contribution in [0.1, 0.15) is 18.1 Å². The van der Waals surface area contributed by atoms with E-state index in [-0.39, 0.29) is 0 Å². The molecule has 0 amide bonds. The van der Waals surface area contributed by atoms with Crippen LogP contribution in [0.4, 0.5) is 5.69 Å². The van der Waals surface area contributed by atoms with Gasteiger partial charge < -0.3 is 14.4 Å². The molecule has 3 aromatic carbocycles. The average Bonchev–Trinajstić information content (AvgIpc) is 3.12. The smallest absolute Gasteiger partial charge is 0.120 e. The highest BCUT2D eigenvalue weighted by Gasteiger charge is 2.22. The molecule has 31 heavy (non-hydrogen) atoms. The van der Waals surface area contributed by atoms with Crippen LogP contribution >= 0.6 is 11.8 Å². The van der Waals surface area contributed by atoms with E-state index in [4.69, 9.17) is 9.47 Å². The summed E-state index contributed by atoms with van der Waals surface area (Å²) < 4.78 is 11.4. The molecule has 0 spiro atoms. The first-order chi connectivity index (χ1) is 15.2. The zero-order valence-corrected chi connectivity index (χ0v) is 18.4. The molecule has 158 valence electrons. The quantitative estimate of drug-likeness (QED) is 0.370. The number of nitrogens with zero attached hydrogens (tertiary/aromatic N) is 2. The molecule has 0 saturated carbocycles. The van der Waals surface area contributed by atoms with Crippen molar-refractivity contribution in [2.24, 2.45) is 5.10 Å². The second-order valence-corrected chi connectivity index (χ2v) is 8.00. The van der Waals surface area contributed by atoms with E-state index in [0.29, 0.717) is 13.2 Å². The molecule has 0 aliphatic carbocycles. The van der Waals surface area contributed by atoms with Crippen LogP contribution < -0.4 is 19.8 Å². The van der Waals surface area contributed by atoms with Gasteiger partial charge in [0.15, 0.2) is 0 Å². The molecule has 0 fully saturated rings. The molecule has 4 rings (SSSR count). The van der Waals surface area contributed by atoms with Gasteiger partial charge in [-0.15, -0.1) is 0 Å². The maximum absolute atomic E-state index is 5.82. The summed E-state index contributed by atoms with van der Waals surface area (Å²) in [6, 6.07) is 24.2. The van der Waals surface area contributed by atoms with Crippen molar-refractivity contribution in [3.05, 3.63) is 95.2 Å². The molecule has 1 aliphatic heterocycles. The Bertz CT molecular complexity index is 1070. The maximum Gasteiger partial charge on any atom is 0.120 e. The molecule has 0 aromatic heterocycles. The predicted octanol–water partition coefficient (Wildman–Crippen LogP) is 5.63. The van der Waals surface area contributed by atoms with Crippen molar-refractivity contribution in [3.8, 4) is 11.5 Å². The lowest BCUT2D eigenvalue weighted by atomic mass is 10.2. The van der Waals surface area contributed by atoms with Crippen LogP contribution in [0.5, 0.6) is 11.5 Å². The fourth-order valence-corrected chi connectivity index (χ4v) is 4.19. The minimum atomic E-state index is 0.559. The lowest BCUT2D eigenvalue weighted by Crippen LogP contribution is -2.11. The van der Waals surface area contributed by atoms with Crippen molar-refractivity contribution in [1.82, 2.24) is 5.43 Å². The Morgan fingerprint density at radius 1 is 0.968 bits per heavy atom. The van der Waals surface area contributed by atoms with E-state index in [1.165, 1.54) is 4.90 Å². The highest BCUT2D eigenvalue weighted by atomic mass is 32.2. The van der Waals surface area contributed by atoms with Crippen LogP contribution in [0, 0.1) is 0 Å². The number of hydrogen-bond donors (Lipinski definition) is 1. The monoisotopic (exact) mass is 431 g/mol. The summed E-state index contributed by atoms with van der Waals surface area (Å²) in [5.41, 5.74) is 6.33. The van der Waals surface area contributed by atoms with Crippen LogP contribution in [0.2, 0.25) is 0 Å². The number of fused-ring (bicyclic) bond motifs is 1. The van der Waals surface area contributed by atoms with E-state index in [1.54, 1.807) is 18.0 Å². The molecule has 1 heterocycles. The lowest BCUT2D eigenvalue weighted by Gasteiger charge is -2.13. The summed E-state index contributed by atoms with van der Waals surface area (Å²) in [4.78, 5) is 3.31. The summed E-state index contributed by atoms with van der Waals surface area (Å²) in [5.74, 6) is 1.73. The number of hydrogen-bond acceptors (Lipinski definition) is 6. The van der Waals surface area contributed by atoms with Gasteiger partial charge in [-0.2, -0.15) is 5.10 Å². The Balaban J connectivity index is 1.30. The van der Waals surface area contributed by atoms with Gasteiger partial charge in [0.1, 0.15) is 18.1 Å². The molecule has 3 aromatic rings. The van der Waals surface area contributed by atoms with E-state index in [0.717, 1.165) is 33.3 Å². The first kappa shape index (κ1) is 20.9. The van der Waals surface area contributed by atoms with Crippen molar-refractivity contribution in [2.45, 2.75) is 18.4 Å². The fourth-order valence-electron chi connectivity index (χ4n) is 3.13. The Morgan fingerprint density at radius 3 is 2.52 bits per heavy atom. The summed E-state index contributed by atoms with van der Waals surface area (Å²) in [6.07, 6.45) is 3.69. The van der Waals surface area contributed by atoms with Gasteiger partial charge in [-0.1, -0.05) is 42.1 Å². The van der Waals surface area contributed by atoms with Gasteiger partial charge in [0, 0.05) is 11.9 Å². The van der Waals surface area contributed by atoms with E-state index < -0.39 is 0 Å². The summed E-state index contributed by atoms with van der Waals surface area (Å²) >= 11 is 1.69. The van der Waals surface area contributed by atoms with Gasteiger partial charge >= 0.3 is 0 Å². The number of thioether (sulfide) groups is 1. The molecule has 0 saturated heterocycles. The van der Waals surface area contributed by atoms with Gasteiger partial charge in [-0.3, -0.25) is 5.43 Å². The Hall–Kier alpha value is -3.38. The molecule has 0 atom stereocenters. The lowest BCUT2D eigenvalue weighted by molar-refractivity contribution is 0.306. The highest BCUT2D eigenvalue weighted by Crippen LogP contribution is 2.46. The van der Waals surface area contributed by atoms with Gasteiger partial charge in [0.05, 0.1) is 29.7 Å². The largest absolute Gasteiger partial charge is 0.494 e. The number of ether oxygens (including phenoxy) is 2. The number of anilines is 1. The molecule has 5 nitrogen and oxygen atoms in total. The third kappa shape index (κ3) is 5.41. The number of nitrogens with one attached hydrogen (secondary N) is 1. The van der Waals surface area contributed by atoms with E-state index in [2.05, 4.69) is 39.7 Å². The second kappa shape index (κ2) is 10.1. The fraction of sp³-hybridized carbons (Fsp3) is 0.160. The first-order valence-electron chi connectivity index (χ1n) is 10.2. The Morgan fingerprint density at radius 2 is 1.74 bits per heavy atom. The third-order valence-electron chi connectivity index (χ3n) is 4.75. The van der Waals surface area contributed by atoms with E-state index in [1.807, 2.05) is 68.7 Å². The van der Waals surface area contributed by atoms with Crippen LogP contribution in [0.15, 0.2) is 94.0 Å². The van der Waals surface area contributed by atoms with Gasteiger partial charge in [0.2, 0.25) is 0 Å². The first-order valence-corrected chi connectivity index (χ1v) is 11.0. The van der Waals surface area contributed by atoms with Crippen molar-refractivity contribution in [2.75, 3.05) is 18.6 Å². The second-order valence-electron chi connectivity index (χ2n) is 6.94. The predicted molar refractivity (Wildman–Crippen MR) is 128 cm³/mol. The van der Waals surface area contributed by atoms with Crippen molar-refractivity contribution >= 4 is 23.7 Å². The minimum Gasteiger partial charge on any atom is -0.494 e. The van der Waals surface area contributed by atoms with Crippen molar-refractivity contribution in [1.29, 1.82) is 0 Å². The minimum absolute atomic E-state index is 0.559. The molecule has 1 N–H and O–H groups in total. The van der Waals surface area contributed by atoms with Gasteiger partial charge in [-0.25, -0.2) is 0 Å². The molecule has 0 radical (unpaired) electrons. The number of rotatable bonds is 8. The van der Waals surface area contributed by atoms with Crippen LogP contribution in [-0.2, 0) is 6.61 Å². The van der Waals surface area contributed by atoms with Crippen molar-refractivity contribution in [3.63, 3.8) is 0 Å². The maximum atomic E-state index is 5.82. The zero-order valence-electron chi connectivity index (χ0n) is 17.6. The average molecular weight is 432 g/mol. The summed E-state index contributed by atoms with van der Waals surface area (Å²) in [6.45, 7) is 3.21. The van der Waals surface area contributed by atoms with Gasteiger partial charge in [-0.05, 0) is 60.5 Å². The zero-order chi connectivity index (χ0) is 21.5. The summed E-state index contributed by atoms with van der Waals surface area (Å²) in [5, 5.41) is 5.39. The molecular weight excluding hydrogens is 406 g/mol. The van der Waals surface area contributed by atoms with Crippen LogP contribution in [-0.4, -0.2) is 19.9 Å². The third-order valence-corrected chi connectivity index (χ3v) is 5.90. The highest BCUT2D eigenvalue weighted by molar-refractivity contribution is 8.03. The van der Waals surface area contributed by atoms with E-state index >= 15 is 0 Å². The van der Waals surface area contributed by atoms with Gasteiger partial charge in [0.25, 0.3) is 0 Å². The molecule has 0 unspecified atom stereocenters. The number of hydrazone groups is 1. The normalized spacial score (nSPS) is 14.1. The molecule has 6 heteroatoms. The molecule has 0 bridgehead atoms. The number of benzene rings is 3. The van der Waals surface area contributed by atoms with Crippen LogP contribution in [0.25, 0.3) is 0 Å². The topological polar surface area (TPSA) is 46.1 Å². The van der Waals surface area contributed by atoms with Crippen LogP contribution in [0.3, 0.4) is 0 Å². The molecular formula is C25H25N3O2S. The summed E-state index contributed by atoms with van der Waals surface area (Å²) in [7, 11) is 2.05. The Kier molecular flexibility index (Phi) is 6.79. The van der Waals surface area contributed by atoms with E-state index in [9.17, 15) is 0 Å². The molecule has 1 aliphatic rings. The van der Waals surface area contributed by atoms with Crippen molar-refractivity contribution < 1.29 is 9.47 Å². The standard InChI is InChI=1S/C25H25N3O2S/c1-3-29-22-13-14-23-24(15-22)31-25(28(23)2)17-27-26-16-19-9-11-21(12-10-19)30-18-20-7-5-4-6-8-20/h4-17,27H,3,18H2,1-2H3. The Labute approximate surface area is 187 Å². The SMILES string of the molecule is CCOc1ccc2c(c1)SC(=CNN=Cc1ccc(OCc3ccccc3)cc1)N2C.